The molecule has 5 heteroatoms. The number of rotatable bonds is 5. The zero-order valence-electron chi connectivity index (χ0n) is 16.0. The number of benzene rings is 3. The molecule has 2 N–H and O–H groups in total. The smallest absolute Gasteiger partial charge is 0.235 e. The van der Waals surface area contributed by atoms with Gasteiger partial charge in [0.05, 0.1) is 5.41 Å². The van der Waals surface area contributed by atoms with E-state index in [0.717, 1.165) is 11.4 Å². The third-order valence-electron chi connectivity index (χ3n) is 5.36. The standard InChI is InChI=1S/C24H23FN2O2/c25-19-6-4-5-18(17-19)24(13-15-29-16-14-24)23(28)27-22-11-9-21(10-12-22)26-20-7-2-1-3-8-20/h1-12,17,26H,13-16H2,(H,27,28). The highest BCUT2D eigenvalue weighted by atomic mass is 19.1. The van der Waals surface area contributed by atoms with Crippen LogP contribution in [-0.2, 0) is 14.9 Å². The molecule has 3 aromatic rings. The minimum Gasteiger partial charge on any atom is -0.381 e. The Labute approximate surface area is 169 Å². The Morgan fingerprint density at radius 2 is 1.48 bits per heavy atom. The molecule has 4 nitrogen and oxygen atoms in total. The van der Waals surface area contributed by atoms with Gasteiger partial charge in [0, 0.05) is 30.3 Å². The summed E-state index contributed by atoms with van der Waals surface area (Å²) < 4.78 is 19.3. The molecular formula is C24H23FN2O2. The van der Waals surface area contributed by atoms with Gasteiger partial charge in [0.15, 0.2) is 0 Å². The van der Waals surface area contributed by atoms with Crippen molar-refractivity contribution < 1.29 is 13.9 Å². The Balaban J connectivity index is 1.52. The zero-order valence-corrected chi connectivity index (χ0v) is 16.0. The molecule has 0 aromatic heterocycles. The van der Waals surface area contributed by atoms with Crippen LogP contribution in [0.3, 0.4) is 0 Å². The van der Waals surface area contributed by atoms with E-state index in [-0.39, 0.29) is 11.7 Å². The fourth-order valence-electron chi connectivity index (χ4n) is 3.73. The Bertz CT molecular complexity index is 968. The molecule has 29 heavy (non-hydrogen) atoms. The molecule has 0 unspecified atom stereocenters. The first-order chi connectivity index (χ1) is 14.2. The largest absolute Gasteiger partial charge is 0.381 e. The molecule has 1 aliphatic rings. The van der Waals surface area contributed by atoms with Crippen LogP contribution in [0.2, 0.25) is 0 Å². The predicted octanol–water partition coefficient (Wildman–Crippen LogP) is 5.26. The van der Waals surface area contributed by atoms with E-state index in [1.165, 1.54) is 12.1 Å². The van der Waals surface area contributed by atoms with Crippen molar-refractivity contribution in [2.24, 2.45) is 0 Å². The van der Waals surface area contributed by atoms with Gasteiger partial charge in [0.2, 0.25) is 5.91 Å². The first-order valence-corrected chi connectivity index (χ1v) is 9.73. The molecule has 1 amide bonds. The van der Waals surface area contributed by atoms with Crippen molar-refractivity contribution in [3.63, 3.8) is 0 Å². The topological polar surface area (TPSA) is 50.4 Å². The van der Waals surface area contributed by atoms with Gasteiger partial charge in [-0.1, -0.05) is 30.3 Å². The fourth-order valence-corrected chi connectivity index (χ4v) is 3.73. The first-order valence-electron chi connectivity index (χ1n) is 9.73. The van der Waals surface area contributed by atoms with E-state index in [4.69, 9.17) is 4.74 Å². The number of anilines is 3. The number of carbonyl (C=O) groups excluding carboxylic acids is 1. The van der Waals surface area contributed by atoms with Crippen molar-refractivity contribution in [1.29, 1.82) is 0 Å². The lowest BCUT2D eigenvalue weighted by atomic mass is 9.73. The average Bonchev–Trinajstić information content (AvgIpc) is 2.76. The second-order valence-electron chi connectivity index (χ2n) is 7.23. The van der Waals surface area contributed by atoms with Crippen molar-refractivity contribution in [3.8, 4) is 0 Å². The highest BCUT2D eigenvalue weighted by Crippen LogP contribution is 2.36. The number of nitrogens with one attached hydrogen (secondary N) is 2. The van der Waals surface area contributed by atoms with Crippen molar-refractivity contribution in [2.45, 2.75) is 18.3 Å². The monoisotopic (exact) mass is 390 g/mol. The molecule has 1 fully saturated rings. The van der Waals surface area contributed by atoms with Crippen LogP contribution in [0.5, 0.6) is 0 Å². The van der Waals surface area contributed by atoms with Gasteiger partial charge in [0.25, 0.3) is 0 Å². The minimum absolute atomic E-state index is 0.129. The van der Waals surface area contributed by atoms with E-state index in [1.54, 1.807) is 6.07 Å². The van der Waals surface area contributed by atoms with Gasteiger partial charge in [-0.2, -0.15) is 0 Å². The number of carbonyl (C=O) groups is 1. The van der Waals surface area contributed by atoms with Gasteiger partial charge in [0.1, 0.15) is 5.82 Å². The van der Waals surface area contributed by atoms with Crippen LogP contribution in [-0.4, -0.2) is 19.1 Å². The van der Waals surface area contributed by atoms with Crippen LogP contribution in [0, 0.1) is 5.82 Å². The average molecular weight is 390 g/mol. The van der Waals surface area contributed by atoms with Crippen molar-refractivity contribution in [3.05, 3.63) is 90.2 Å². The van der Waals surface area contributed by atoms with Crippen LogP contribution in [0.1, 0.15) is 18.4 Å². The second-order valence-corrected chi connectivity index (χ2v) is 7.23. The molecule has 1 saturated heterocycles. The number of hydrogen-bond acceptors (Lipinski definition) is 3. The summed E-state index contributed by atoms with van der Waals surface area (Å²) in [4.78, 5) is 13.3. The van der Waals surface area contributed by atoms with E-state index in [1.807, 2.05) is 60.7 Å². The van der Waals surface area contributed by atoms with E-state index >= 15 is 0 Å². The maximum Gasteiger partial charge on any atom is 0.235 e. The summed E-state index contributed by atoms with van der Waals surface area (Å²) in [6, 6.07) is 23.8. The highest BCUT2D eigenvalue weighted by molar-refractivity contribution is 5.99. The quantitative estimate of drug-likeness (QED) is 0.625. The van der Waals surface area contributed by atoms with E-state index < -0.39 is 5.41 Å². The molecule has 0 aliphatic carbocycles. The first kappa shape index (κ1) is 19.2. The van der Waals surface area contributed by atoms with E-state index in [9.17, 15) is 9.18 Å². The molecule has 148 valence electrons. The van der Waals surface area contributed by atoms with Crippen LogP contribution in [0.4, 0.5) is 21.5 Å². The Morgan fingerprint density at radius 1 is 0.828 bits per heavy atom. The summed E-state index contributed by atoms with van der Waals surface area (Å²) in [7, 11) is 0. The van der Waals surface area contributed by atoms with Crippen LogP contribution >= 0.6 is 0 Å². The third kappa shape index (κ3) is 4.30. The molecular weight excluding hydrogens is 367 g/mol. The number of halogens is 1. The van der Waals surface area contributed by atoms with Gasteiger partial charge >= 0.3 is 0 Å². The number of amides is 1. The molecule has 0 atom stereocenters. The summed E-state index contributed by atoms with van der Waals surface area (Å²) in [5, 5.41) is 6.33. The summed E-state index contributed by atoms with van der Waals surface area (Å²) >= 11 is 0. The molecule has 1 heterocycles. The normalized spacial score (nSPS) is 15.5. The van der Waals surface area contributed by atoms with Crippen molar-refractivity contribution >= 4 is 23.0 Å². The summed E-state index contributed by atoms with van der Waals surface area (Å²) in [5.74, 6) is -0.465. The second kappa shape index (κ2) is 8.45. The molecule has 0 saturated carbocycles. The maximum absolute atomic E-state index is 13.8. The molecule has 1 aliphatic heterocycles. The third-order valence-corrected chi connectivity index (χ3v) is 5.36. The van der Waals surface area contributed by atoms with E-state index in [2.05, 4.69) is 10.6 Å². The predicted molar refractivity (Wildman–Crippen MR) is 113 cm³/mol. The van der Waals surface area contributed by atoms with Crippen molar-refractivity contribution in [2.75, 3.05) is 23.8 Å². The Hall–Kier alpha value is -3.18. The lowest BCUT2D eigenvalue weighted by Gasteiger charge is -2.36. The lowest BCUT2D eigenvalue weighted by Crippen LogP contribution is -2.44. The SMILES string of the molecule is O=C(Nc1ccc(Nc2ccccc2)cc1)C1(c2cccc(F)c2)CCOCC1. The lowest BCUT2D eigenvalue weighted by molar-refractivity contribution is -0.125. The molecule has 0 radical (unpaired) electrons. The number of hydrogen-bond donors (Lipinski definition) is 2. The maximum atomic E-state index is 13.8. The summed E-state index contributed by atoms with van der Waals surface area (Å²) in [6.45, 7) is 0.952. The van der Waals surface area contributed by atoms with Crippen molar-refractivity contribution in [1.82, 2.24) is 0 Å². The highest BCUT2D eigenvalue weighted by Gasteiger charge is 2.42. The minimum atomic E-state index is -0.790. The van der Waals surface area contributed by atoms with Crippen LogP contribution in [0.15, 0.2) is 78.9 Å². The van der Waals surface area contributed by atoms with Gasteiger partial charge in [-0.25, -0.2) is 4.39 Å². The molecule has 3 aromatic carbocycles. The van der Waals surface area contributed by atoms with Gasteiger partial charge in [-0.05, 0) is 66.9 Å². The zero-order chi connectivity index (χ0) is 20.1. The van der Waals surface area contributed by atoms with Gasteiger partial charge in [-0.3, -0.25) is 4.79 Å². The Kier molecular flexibility index (Phi) is 5.58. The van der Waals surface area contributed by atoms with E-state index in [0.29, 0.717) is 37.3 Å². The molecule has 4 rings (SSSR count). The summed E-state index contributed by atoms with van der Waals surface area (Å²) in [6.07, 6.45) is 1.05. The summed E-state index contributed by atoms with van der Waals surface area (Å²) in [5.41, 5.74) is 2.54. The van der Waals surface area contributed by atoms with Crippen LogP contribution < -0.4 is 10.6 Å². The van der Waals surface area contributed by atoms with Gasteiger partial charge in [-0.15, -0.1) is 0 Å². The molecule has 0 spiro atoms. The number of para-hydroxylation sites is 1. The number of ether oxygens (including phenoxy) is 1. The Morgan fingerprint density at radius 3 is 2.17 bits per heavy atom. The van der Waals surface area contributed by atoms with Crippen LogP contribution in [0.25, 0.3) is 0 Å². The fraction of sp³-hybridized carbons (Fsp3) is 0.208. The van der Waals surface area contributed by atoms with Gasteiger partial charge < -0.3 is 15.4 Å². The molecule has 0 bridgehead atoms.